The molecule has 6 nitrogen and oxygen atoms in total. The van der Waals surface area contributed by atoms with Crippen molar-refractivity contribution in [1.29, 1.82) is 0 Å². The van der Waals surface area contributed by atoms with E-state index in [1.165, 1.54) is 18.4 Å². The highest BCUT2D eigenvalue weighted by Crippen LogP contribution is 2.40. The van der Waals surface area contributed by atoms with E-state index in [1.54, 1.807) is 10.8 Å². The van der Waals surface area contributed by atoms with E-state index in [1.807, 2.05) is 6.20 Å². The molecule has 0 bridgehead atoms. The molecule has 0 saturated heterocycles. The molecule has 0 spiro atoms. The number of anilines is 1. The molecule has 3 aromatic rings. The molecule has 4 rings (SSSR count). The van der Waals surface area contributed by atoms with E-state index < -0.39 is 0 Å². The zero-order valence-corrected chi connectivity index (χ0v) is 13.5. The first kappa shape index (κ1) is 14.1. The molecule has 0 atom stereocenters. The fraction of sp³-hybridized carbons (Fsp3) is 0.412. The van der Waals surface area contributed by atoms with Gasteiger partial charge in [0, 0.05) is 19.2 Å². The third-order valence-electron chi connectivity index (χ3n) is 4.37. The van der Waals surface area contributed by atoms with Gasteiger partial charge in [-0.15, -0.1) is 10.2 Å². The highest BCUT2D eigenvalue weighted by atomic mass is 15.4. The first-order chi connectivity index (χ1) is 11.2. The maximum Gasteiger partial charge on any atom is 0.200 e. The Balaban J connectivity index is 1.65. The predicted molar refractivity (Wildman–Crippen MR) is 88.5 cm³/mol. The molecule has 1 aliphatic carbocycles. The van der Waals surface area contributed by atoms with E-state index in [0.717, 1.165) is 35.7 Å². The van der Waals surface area contributed by atoms with Gasteiger partial charge in [-0.2, -0.15) is 9.61 Å². The molecule has 0 radical (unpaired) electrons. The number of hydrogen-bond acceptors (Lipinski definition) is 5. The number of fused-ring (bicyclic) bond motifs is 1. The molecule has 0 aromatic carbocycles. The van der Waals surface area contributed by atoms with Crippen molar-refractivity contribution >= 4 is 11.3 Å². The third kappa shape index (κ3) is 2.76. The van der Waals surface area contributed by atoms with E-state index in [9.17, 15) is 0 Å². The number of rotatable bonds is 5. The Bertz CT molecular complexity index is 819. The van der Waals surface area contributed by atoms with Crippen LogP contribution in [-0.4, -0.2) is 31.8 Å². The molecule has 118 valence electrons. The summed E-state index contributed by atoms with van der Waals surface area (Å²) >= 11 is 0. The molecular formula is C17H20N6. The molecule has 0 N–H and O–H groups in total. The minimum Gasteiger partial charge on any atom is -0.366 e. The molecular weight excluding hydrogens is 288 g/mol. The Hall–Kier alpha value is -2.50. The van der Waals surface area contributed by atoms with E-state index in [4.69, 9.17) is 0 Å². The monoisotopic (exact) mass is 308 g/mol. The Kier molecular flexibility index (Phi) is 3.44. The fourth-order valence-corrected chi connectivity index (χ4v) is 2.78. The van der Waals surface area contributed by atoms with E-state index in [-0.39, 0.29) is 0 Å². The average Bonchev–Trinajstić information content (AvgIpc) is 3.32. The van der Waals surface area contributed by atoms with Crippen molar-refractivity contribution in [2.24, 2.45) is 0 Å². The highest BCUT2D eigenvalue weighted by molar-refractivity contribution is 5.68. The number of aryl methyl sites for hydroxylation is 1. The van der Waals surface area contributed by atoms with Crippen LogP contribution in [0.3, 0.4) is 0 Å². The summed E-state index contributed by atoms with van der Waals surface area (Å²) < 4.78 is 1.78. The van der Waals surface area contributed by atoms with Gasteiger partial charge in [0.15, 0.2) is 0 Å². The lowest BCUT2D eigenvalue weighted by atomic mass is 10.2. The van der Waals surface area contributed by atoms with Gasteiger partial charge in [0.05, 0.1) is 23.6 Å². The second-order valence-corrected chi connectivity index (χ2v) is 6.20. The van der Waals surface area contributed by atoms with Crippen molar-refractivity contribution in [1.82, 2.24) is 24.8 Å². The van der Waals surface area contributed by atoms with Crippen LogP contribution < -0.4 is 4.90 Å². The zero-order chi connectivity index (χ0) is 15.8. The maximum absolute atomic E-state index is 4.62. The van der Waals surface area contributed by atoms with Crippen molar-refractivity contribution in [3.8, 4) is 0 Å². The number of aromatic nitrogens is 5. The summed E-state index contributed by atoms with van der Waals surface area (Å²) in [4.78, 5) is 6.72. The lowest BCUT2D eigenvalue weighted by Crippen LogP contribution is -2.19. The quantitative estimate of drug-likeness (QED) is 0.725. The molecule has 3 aromatic heterocycles. The summed E-state index contributed by atoms with van der Waals surface area (Å²) in [5.74, 6) is 0.593. The van der Waals surface area contributed by atoms with Gasteiger partial charge in [-0.3, -0.25) is 4.98 Å². The number of hydrogen-bond donors (Lipinski definition) is 0. The van der Waals surface area contributed by atoms with Crippen LogP contribution >= 0.6 is 0 Å². The van der Waals surface area contributed by atoms with Crippen molar-refractivity contribution in [3.63, 3.8) is 0 Å². The van der Waals surface area contributed by atoms with Crippen LogP contribution in [0.4, 0.5) is 5.69 Å². The summed E-state index contributed by atoms with van der Waals surface area (Å²) in [6.07, 6.45) is 7.09. The standard InChI is InChI=1S/C17H20N6/c1-3-12-4-7-14(18-9-12)10-22(2)16-8-15(13-5-6-13)21-23-11-19-20-17(16)23/h4,7-9,11,13H,3,5-6,10H2,1-2H3. The van der Waals surface area contributed by atoms with E-state index in [2.05, 4.69) is 57.4 Å². The Morgan fingerprint density at radius 3 is 2.87 bits per heavy atom. The fourth-order valence-electron chi connectivity index (χ4n) is 2.78. The van der Waals surface area contributed by atoms with Crippen LogP contribution in [0.2, 0.25) is 0 Å². The largest absolute Gasteiger partial charge is 0.366 e. The third-order valence-corrected chi connectivity index (χ3v) is 4.37. The van der Waals surface area contributed by atoms with E-state index >= 15 is 0 Å². The summed E-state index contributed by atoms with van der Waals surface area (Å²) in [6, 6.07) is 6.40. The molecule has 6 heteroatoms. The first-order valence-corrected chi connectivity index (χ1v) is 8.10. The summed E-state index contributed by atoms with van der Waals surface area (Å²) in [6.45, 7) is 2.88. The van der Waals surface area contributed by atoms with Gasteiger partial charge in [-0.05, 0) is 37.0 Å². The lowest BCUT2D eigenvalue weighted by Gasteiger charge is -2.20. The predicted octanol–water partition coefficient (Wildman–Crippen LogP) is 2.60. The summed E-state index contributed by atoms with van der Waals surface area (Å²) in [5.41, 5.74) is 5.29. The van der Waals surface area contributed by atoms with Crippen LogP contribution in [0, 0.1) is 0 Å². The summed E-state index contributed by atoms with van der Waals surface area (Å²) in [5, 5.41) is 12.8. The van der Waals surface area contributed by atoms with Gasteiger partial charge in [0.25, 0.3) is 0 Å². The lowest BCUT2D eigenvalue weighted by molar-refractivity contribution is 0.827. The second-order valence-electron chi connectivity index (χ2n) is 6.20. The Morgan fingerprint density at radius 2 is 2.17 bits per heavy atom. The molecule has 0 aliphatic heterocycles. The van der Waals surface area contributed by atoms with Crippen LogP contribution in [0.1, 0.15) is 42.6 Å². The van der Waals surface area contributed by atoms with Gasteiger partial charge in [-0.25, -0.2) is 0 Å². The van der Waals surface area contributed by atoms with Crippen molar-refractivity contribution in [2.75, 3.05) is 11.9 Å². The minimum atomic E-state index is 0.593. The van der Waals surface area contributed by atoms with Gasteiger partial charge in [0.2, 0.25) is 5.65 Å². The Morgan fingerprint density at radius 1 is 1.30 bits per heavy atom. The molecule has 3 heterocycles. The van der Waals surface area contributed by atoms with Crippen molar-refractivity contribution < 1.29 is 0 Å². The molecule has 0 amide bonds. The van der Waals surface area contributed by atoms with Gasteiger partial charge in [0.1, 0.15) is 6.33 Å². The molecule has 0 unspecified atom stereocenters. The zero-order valence-electron chi connectivity index (χ0n) is 13.5. The maximum atomic E-state index is 4.62. The van der Waals surface area contributed by atoms with Gasteiger partial charge < -0.3 is 4.90 Å². The smallest absolute Gasteiger partial charge is 0.200 e. The van der Waals surface area contributed by atoms with Gasteiger partial charge in [-0.1, -0.05) is 13.0 Å². The molecule has 1 fully saturated rings. The number of pyridine rings is 1. The first-order valence-electron chi connectivity index (χ1n) is 8.10. The van der Waals surface area contributed by atoms with E-state index in [0.29, 0.717) is 5.92 Å². The SMILES string of the molecule is CCc1ccc(CN(C)c2cc(C3CC3)nn3cnnc23)nc1. The Labute approximate surface area is 135 Å². The van der Waals surface area contributed by atoms with Crippen LogP contribution in [0.5, 0.6) is 0 Å². The average molecular weight is 308 g/mol. The van der Waals surface area contributed by atoms with Crippen LogP contribution in [-0.2, 0) is 13.0 Å². The topological polar surface area (TPSA) is 59.2 Å². The van der Waals surface area contributed by atoms with Crippen molar-refractivity contribution in [2.45, 2.75) is 38.6 Å². The van der Waals surface area contributed by atoms with Crippen LogP contribution in [0.25, 0.3) is 5.65 Å². The normalized spacial score (nSPS) is 14.3. The molecule has 1 aliphatic rings. The van der Waals surface area contributed by atoms with Gasteiger partial charge >= 0.3 is 0 Å². The summed E-state index contributed by atoms with van der Waals surface area (Å²) in [7, 11) is 2.07. The second kappa shape index (κ2) is 5.61. The molecule has 23 heavy (non-hydrogen) atoms. The minimum absolute atomic E-state index is 0.593. The number of nitrogens with zero attached hydrogens (tertiary/aromatic N) is 6. The highest BCUT2D eigenvalue weighted by Gasteiger charge is 2.27. The van der Waals surface area contributed by atoms with Crippen LogP contribution in [0.15, 0.2) is 30.7 Å². The molecule has 1 saturated carbocycles. The van der Waals surface area contributed by atoms with Crippen molar-refractivity contribution in [3.05, 3.63) is 47.7 Å².